The molecule has 2 unspecified atom stereocenters. The smallest absolute Gasteiger partial charge is 0.164 e. The first-order chi connectivity index (χ1) is 28.5. The quantitative estimate of drug-likeness (QED) is 0.163. The summed E-state index contributed by atoms with van der Waals surface area (Å²) in [5.74, 6) is 3.57. The summed E-state index contributed by atoms with van der Waals surface area (Å²) in [5, 5.41) is 11.5. The van der Waals surface area contributed by atoms with Crippen molar-refractivity contribution < 1.29 is 0 Å². The summed E-state index contributed by atoms with van der Waals surface area (Å²) in [7, 11) is 0. The minimum atomic E-state index is 0.231. The van der Waals surface area contributed by atoms with E-state index in [-0.39, 0.29) is 10.8 Å². The fourth-order valence-electron chi connectivity index (χ4n) is 11.3. The van der Waals surface area contributed by atoms with Gasteiger partial charge in [0.2, 0.25) is 0 Å². The molecule has 0 amide bonds. The molecule has 4 nitrogen and oxygen atoms in total. The average molecular weight is 747 g/mol. The van der Waals surface area contributed by atoms with Gasteiger partial charge in [-0.05, 0) is 124 Å². The molecule has 4 bridgehead atoms. The number of hydrogen-bond donors (Lipinski definition) is 0. The topological polar surface area (TPSA) is 62.5 Å². The molecular weight excluding hydrogens is 705 g/mol. The van der Waals surface area contributed by atoms with E-state index in [1.807, 2.05) is 48.5 Å². The van der Waals surface area contributed by atoms with Gasteiger partial charge in [0.15, 0.2) is 17.5 Å². The number of fused-ring (bicyclic) bond motifs is 1. The second-order valence-electron chi connectivity index (χ2n) is 17.1. The molecule has 0 N–H and O–H groups in total. The van der Waals surface area contributed by atoms with Gasteiger partial charge in [0.05, 0.1) is 11.6 Å². The zero-order valence-corrected chi connectivity index (χ0v) is 32.4. The zero-order valence-electron chi connectivity index (χ0n) is 32.4. The maximum Gasteiger partial charge on any atom is 0.164 e. The van der Waals surface area contributed by atoms with Crippen LogP contribution >= 0.6 is 0 Å². The predicted octanol–water partition coefficient (Wildman–Crippen LogP) is 13.0. The number of aromatic nitrogens is 3. The molecule has 4 fully saturated rings. The molecule has 0 radical (unpaired) electrons. The minimum absolute atomic E-state index is 0.231. The second-order valence-corrected chi connectivity index (χ2v) is 17.1. The van der Waals surface area contributed by atoms with Crippen molar-refractivity contribution in [1.82, 2.24) is 15.0 Å². The van der Waals surface area contributed by atoms with E-state index in [1.165, 1.54) is 66.3 Å². The first kappa shape index (κ1) is 34.5. The van der Waals surface area contributed by atoms with Crippen molar-refractivity contribution in [3.63, 3.8) is 0 Å². The minimum Gasteiger partial charge on any atom is -0.208 e. The number of hydrogen-bond acceptors (Lipinski definition) is 4. The monoisotopic (exact) mass is 746 g/mol. The van der Waals surface area contributed by atoms with Crippen molar-refractivity contribution in [3.8, 4) is 62.5 Å². The van der Waals surface area contributed by atoms with Gasteiger partial charge in [-0.3, -0.25) is 0 Å². The van der Waals surface area contributed by atoms with Gasteiger partial charge in [0.25, 0.3) is 0 Å². The van der Waals surface area contributed by atoms with E-state index >= 15 is 0 Å². The van der Waals surface area contributed by atoms with Crippen LogP contribution in [0.15, 0.2) is 170 Å². The molecule has 1 aromatic heterocycles. The highest BCUT2D eigenvalue weighted by Gasteiger charge is 2.58. The van der Waals surface area contributed by atoms with Crippen LogP contribution in [0.2, 0.25) is 0 Å². The number of nitriles is 1. The second kappa shape index (κ2) is 13.7. The molecule has 0 saturated heterocycles. The Hall–Kier alpha value is -6.70. The molecule has 4 aliphatic carbocycles. The highest BCUT2D eigenvalue weighted by atomic mass is 15.0. The maximum absolute atomic E-state index is 9.24. The Kier molecular flexibility index (Phi) is 8.19. The van der Waals surface area contributed by atoms with Crippen LogP contribution in [-0.2, 0) is 10.8 Å². The lowest BCUT2D eigenvalue weighted by molar-refractivity contribution is -0.0281. The first-order valence-corrected chi connectivity index (χ1v) is 20.7. The van der Waals surface area contributed by atoms with Gasteiger partial charge >= 0.3 is 0 Å². The lowest BCUT2D eigenvalue weighted by atomic mass is 9.41. The van der Waals surface area contributed by atoms with E-state index in [0.717, 1.165) is 44.9 Å². The van der Waals surface area contributed by atoms with Crippen LogP contribution in [0.4, 0.5) is 0 Å². The van der Waals surface area contributed by atoms with Gasteiger partial charge in [-0.2, -0.15) is 5.26 Å². The first-order valence-electron chi connectivity index (χ1n) is 20.7. The Labute approximate surface area is 340 Å². The molecule has 8 aromatic rings. The Bertz CT molecular complexity index is 2770. The summed E-state index contributed by atoms with van der Waals surface area (Å²) in [6.07, 6.45) is 7.85. The number of nitrogens with zero attached hydrogens (tertiary/aromatic N) is 4. The molecule has 58 heavy (non-hydrogen) atoms. The summed E-state index contributed by atoms with van der Waals surface area (Å²) in [5.41, 5.74) is 12.0. The van der Waals surface area contributed by atoms with E-state index in [1.54, 1.807) is 0 Å². The van der Waals surface area contributed by atoms with E-state index < -0.39 is 0 Å². The molecular formula is C54H42N4. The third-order valence-electron chi connectivity index (χ3n) is 13.6. The molecule has 4 aliphatic rings. The van der Waals surface area contributed by atoms with Crippen LogP contribution in [-0.4, -0.2) is 15.0 Å². The molecule has 7 aromatic carbocycles. The molecule has 4 saturated carbocycles. The van der Waals surface area contributed by atoms with E-state index in [0.29, 0.717) is 23.0 Å². The number of benzene rings is 7. The Balaban J connectivity index is 0.892. The molecule has 0 spiro atoms. The fourth-order valence-corrected chi connectivity index (χ4v) is 11.3. The third-order valence-corrected chi connectivity index (χ3v) is 13.6. The summed E-state index contributed by atoms with van der Waals surface area (Å²) in [6.45, 7) is 0. The summed E-state index contributed by atoms with van der Waals surface area (Å²) in [4.78, 5) is 15.0. The van der Waals surface area contributed by atoms with Crippen molar-refractivity contribution in [2.24, 2.45) is 11.8 Å². The van der Waals surface area contributed by atoms with E-state index in [9.17, 15) is 5.26 Å². The SMILES string of the molecule is N#Cc1ccc(-c2ccc(C34CC5CC(C3)CC(c3ccc(-c6ccc7c(-c8nc(-c9ccccc9)nc(-c9ccccc9)n8)cccc7c6)cc3)(C5)C4)cc2)cc1. The molecule has 2 atom stereocenters. The van der Waals surface area contributed by atoms with Crippen LogP contribution < -0.4 is 0 Å². The third kappa shape index (κ3) is 6.01. The van der Waals surface area contributed by atoms with Crippen molar-refractivity contribution in [3.05, 3.63) is 187 Å². The lowest BCUT2D eigenvalue weighted by Crippen LogP contribution is -2.55. The Morgan fingerprint density at radius 2 is 0.931 bits per heavy atom. The standard InChI is InChI=1S/C54H42N4/c55-34-36-14-16-39(17-15-36)40-18-23-46(24-19-40)53-30-37-28-38(31-53)33-54(32-37,35-53)47-25-20-41(21-26-47)44-22-27-48-45(29-44)12-7-13-49(48)52-57-50(42-8-3-1-4-9-42)56-51(58-52)43-10-5-2-6-11-43/h1-27,29,37-38H,28,30-33,35H2. The van der Waals surface area contributed by atoms with Crippen LogP contribution in [0, 0.1) is 23.2 Å². The van der Waals surface area contributed by atoms with E-state index in [4.69, 9.17) is 15.0 Å². The zero-order chi connectivity index (χ0) is 38.7. The highest BCUT2D eigenvalue weighted by Crippen LogP contribution is 2.66. The van der Waals surface area contributed by atoms with Crippen molar-refractivity contribution in [1.29, 1.82) is 5.26 Å². The lowest BCUT2D eigenvalue weighted by Gasteiger charge is -2.63. The van der Waals surface area contributed by atoms with Crippen molar-refractivity contribution in [2.75, 3.05) is 0 Å². The van der Waals surface area contributed by atoms with Gasteiger partial charge in [-0.25, -0.2) is 15.0 Å². The summed E-state index contributed by atoms with van der Waals surface area (Å²) < 4.78 is 0. The van der Waals surface area contributed by atoms with E-state index in [2.05, 4.69) is 127 Å². The van der Waals surface area contributed by atoms with Crippen LogP contribution in [0.25, 0.3) is 67.2 Å². The molecule has 1 heterocycles. The van der Waals surface area contributed by atoms with Crippen LogP contribution in [0.3, 0.4) is 0 Å². The van der Waals surface area contributed by atoms with Crippen molar-refractivity contribution >= 4 is 10.8 Å². The van der Waals surface area contributed by atoms with Crippen LogP contribution in [0.1, 0.15) is 55.2 Å². The normalized spacial score (nSPS) is 21.8. The summed E-state index contributed by atoms with van der Waals surface area (Å²) in [6, 6.07) is 62.8. The van der Waals surface area contributed by atoms with Crippen molar-refractivity contribution in [2.45, 2.75) is 49.4 Å². The van der Waals surface area contributed by atoms with Crippen LogP contribution in [0.5, 0.6) is 0 Å². The number of rotatable bonds is 7. The fraction of sp³-hybridized carbons (Fsp3) is 0.185. The predicted molar refractivity (Wildman–Crippen MR) is 234 cm³/mol. The molecule has 278 valence electrons. The molecule has 0 aliphatic heterocycles. The van der Waals surface area contributed by atoms with Gasteiger partial charge in [0, 0.05) is 16.7 Å². The van der Waals surface area contributed by atoms with Gasteiger partial charge in [-0.15, -0.1) is 0 Å². The molecule has 12 rings (SSSR count). The molecule has 4 heteroatoms. The Morgan fingerprint density at radius 1 is 0.448 bits per heavy atom. The van der Waals surface area contributed by atoms with Gasteiger partial charge < -0.3 is 0 Å². The average Bonchev–Trinajstić information content (AvgIpc) is 3.29. The van der Waals surface area contributed by atoms with Gasteiger partial charge in [0.1, 0.15) is 0 Å². The summed E-state index contributed by atoms with van der Waals surface area (Å²) >= 11 is 0. The van der Waals surface area contributed by atoms with Gasteiger partial charge in [-0.1, -0.05) is 152 Å². The largest absolute Gasteiger partial charge is 0.208 e. The maximum atomic E-state index is 9.24. The highest BCUT2D eigenvalue weighted by molar-refractivity contribution is 5.97. The Morgan fingerprint density at radius 3 is 1.47 bits per heavy atom.